The highest BCUT2D eigenvalue weighted by Gasteiger charge is 2.19. The van der Waals surface area contributed by atoms with Gasteiger partial charge in [-0.1, -0.05) is 17.7 Å². The van der Waals surface area contributed by atoms with Crippen LogP contribution in [0.4, 0.5) is 5.69 Å². The summed E-state index contributed by atoms with van der Waals surface area (Å²) in [6.45, 7) is 0. The van der Waals surface area contributed by atoms with Crippen molar-refractivity contribution in [3.8, 4) is 5.69 Å². The smallest absolute Gasteiger partial charge is 0.305 e. The van der Waals surface area contributed by atoms with Gasteiger partial charge >= 0.3 is 5.97 Å². The van der Waals surface area contributed by atoms with E-state index in [1.54, 1.807) is 18.2 Å². The first-order chi connectivity index (χ1) is 9.99. The first kappa shape index (κ1) is 14.9. The number of anilines is 1. The Morgan fingerprint density at radius 1 is 1.48 bits per heavy atom. The number of carbonyl (C=O) groups excluding carboxylic acids is 1. The molecule has 1 unspecified atom stereocenters. The number of para-hydroxylation sites is 1. The zero-order valence-corrected chi connectivity index (χ0v) is 11.5. The molecule has 1 atom stereocenters. The monoisotopic (exact) mass is 309 g/mol. The number of nitrogens with two attached hydrogens (primary N) is 1. The van der Waals surface area contributed by atoms with Crippen molar-refractivity contribution in [2.24, 2.45) is 5.73 Å². The number of carboxylic acid groups (broad SMARTS) is 1. The van der Waals surface area contributed by atoms with Crippen LogP contribution >= 0.6 is 11.6 Å². The lowest BCUT2D eigenvalue weighted by Crippen LogP contribution is -2.37. The second-order valence-electron chi connectivity index (χ2n) is 4.17. The Labute approximate surface area is 124 Å². The van der Waals surface area contributed by atoms with Gasteiger partial charge in [-0.05, 0) is 12.1 Å². The molecule has 4 N–H and O–H groups in total. The Bertz CT molecular complexity index is 659. The first-order valence-corrected chi connectivity index (χ1v) is 6.28. The SMILES string of the molecule is NC(CC(=O)O)C(=O)Nc1cccc(Cl)c1-n1cncn1. The molecular formula is C12H12ClN5O3. The number of benzene rings is 1. The molecule has 0 spiro atoms. The van der Waals surface area contributed by atoms with Crippen LogP contribution in [0.2, 0.25) is 5.02 Å². The van der Waals surface area contributed by atoms with Crippen LogP contribution in [0.15, 0.2) is 30.9 Å². The molecule has 0 saturated carbocycles. The molecule has 21 heavy (non-hydrogen) atoms. The van der Waals surface area contributed by atoms with Gasteiger partial charge in [-0.2, -0.15) is 5.10 Å². The van der Waals surface area contributed by atoms with E-state index >= 15 is 0 Å². The Balaban J connectivity index is 2.27. The molecule has 0 bridgehead atoms. The van der Waals surface area contributed by atoms with Gasteiger partial charge in [0.2, 0.25) is 5.91 Å². The highest BCUT2D eigenvalue weighted by atomic mass is 35.5. The summed E-state index contributed by atoms with van der Waals surface area (Å²) in [6, 6.07) is 3.71. The van der Waals surface area contributed by atoms with Crippen molar-refractivity contribution < 1.29 is 14.7 Å². The second-order valence-corrected chi connectivity index (χ2v) is 4.58. The number of nitrogens with zero attached hydrogens (tertiary/aromatic N) is 3. The van der Waals surface area contributed by atoms with Gasteiger partial charge in [-0.25, -0.2) is 9.67 Å². The number of carboxylic acids is 1. The number of carbonyl (C=O) groups is 2. The van der Waals surface area contributed by atoms with E-state index in [-0.39, 0.29) is 0 Å². The van der Waals surface area contributed by atoms with E-state index in [4.69, 9.17) is 22.4 Å². The van der Waals surface area contributed by atoms with E-state index in [1.165, 1.54) is 17.3 Å². The molecule has 0 aliphatic heterocycles. The zero-order chi connectivity index (χ0) is 15.4. The van der Waals surface area contributed by atoms with Gasteiger partial charge in [-0.15, -0.1) is 0 Å². The Morgan fingerprint density at radius 2 is 2.24 bits per heavy atom. The average Bonchev–Trinajstić information content (AvgIpc) is 2.91. The highest BCUT2D eigenvalue weighted by molar-refractivity contribution is 6.33. The third-order valence-electron chi connectivity index (χ3n) is 2.62. The summed E-state index contributed by atoms with van der Waals surface area (Å²) in [6.07, 6.45) is 2.28. The molecule has 1 aromatic carbocycles. The van der Waals surface area contributed by atoms with Gasteiger partial charge in [-0.3, -0.25) is 9.59 Å². The van der Waals surface area contributed by atoms with Crippen molar-refractivity contribution in [2.75, 3.05) is 5.32 Å². The molecule has 0 fully saturated rings. The van der Waals surface area contributed by atoms with Crippen molar-refractivity contribution >= 4 is 29.2 Å². The van der Waals surface area contributed by atoms with E-state index < -0.39 is 24.3 Å². The summed E-state index contributed by atoms with van der Waals surface area (Å²) in [5, 5.41) is 15.5. The van der Waals surface area contributed by atoms with Crippen molar-refractivity contribution in [1.82, 2.24) is 14.8 Å². The molecule has 1 aromatic heterocycles. The third kappa shape index (κ3) is 3.56. The third-order valence-corrected chi connectivity index (χ3v) is 2.93. The van der Waals surface area contributed by atoms with Crippen molar-refractivity contribution in [3.05, 3.63) is 35.9 Å². The van der Waals surface area contributed by atoms with Crippen LogP contribution in [0.1, 0.15) is 6.42 Å². The summed E-state index contributed by atoms with van der Waals surface area (Å²) in [7, 11) is 0. The van der Waals surface area contributed by atoms with Crippen molar-refractivity contribution in [2.45, 2.75) is 12.5 Å². The van der Waals surface area contributed by atoms with E-state index in [1.807, 2.05) is 0 Å². The first-order valence-electron chi connectivity index (χ1n) is 5.91. The lowest BCUT2D eigenvalue weighted by atomic mass is 10.2. The van der Waals surface area contributed by atoms with Gasteiger partial charge in [0.25, 0.3) is 0 Å². The quantitative estimate of drug-likeness (QED) is 0.745. The number of amides is 1. The number of nitrogens with one attached hydrogen (secondary N) is 1. The normalized spacial score (nSPS) is 11.9. The number of aromatic nitrogens is 3. The lowest BCUT2D eigenvalue weighted by Gasteiger charge is -2.14. The maximum Gasteiger partial charge on any atom is 0.305 e. The fourth-order valence-corrected chi connectivity index (χ4v) is 1.94. The van der Waals surface area contributed by atoms with Gasteiger partial charge < -0.3 is 16.2 Å². The van der Waals surface area contributed by atoms with Crippen LogP contribution in [0.5, 0.6) is 0 Å². The Morgan fingerprint density at radius 3 is 2.86 bits per heavy atom. The molecule has 0 aliphatic carbocycles. The fourth-order valence-electron chi connectivity index (χ4n) is 1.68. The lowest BCUT2D eigenvalue weighted by molar-refractivity contribution is -0.138. The number of hydrogen-bond donors (Lipinski definition) is 3. The molecular weight excluding hydrogens is 298 g/mol. The van der Waals surface area contributed by atoms with Crippen LogP contribution in [-0.2, 0) is 9.59 Å². The van der Waals surface area contributed by atoms with Gasteiger partial charge in [0.1, 0.15) is 18.3 Å². The molecule has 9 heteroatoms. The fraction of sp³-hybridized carbons (Fsp3) is 0.167. The van der Waals surface area contributed by atoms with E-state index in [0.717, 1.165) is 0 Å². The maximum absolute atomic E-state index is 11.9. The van der Waals surface area contributed by atoms with E-state index in [2.05, 4.69) is 15.4 Å². The molecule has 1 heterocycles. The minimum absolute atomic E-state index is 0.352. The van der Waals surface area contributed by atoms with Crippen LogP contribution in [-0.4, -0.2) is 37.8 Å². The van der Waals surface area contributed by atoms with E-state index in [9.17, 15) is 9.59 Å². The zero-order valence-electron chi connectivity index (χ0n) is 10.7. The number of aliphatic carboxylic acids is 1. The van der Waals surface area contributed by atoms with Gasteiger partial charge in [0.15, 0.2) is 0 Å². The molecule has 0 saturated heterocycles. The van der Waals surface area contributed by atoms with Crippen LogP contribution in [0, 0.1) is 0 Å². The van der Waals surface area contributed by atoms with Gasteiger partial charge in [0.05, 0.1) is 23.2 Å². The summed E-state index contributed by atoms with van der Waals surface area (Å²) >= 11 is 6.10. The topological polar surface area (TPSA) is 123 Å². The molecule has 2 aromatic rings. The average molecular weight is 310 g/mol. The molecule has 1 amide bonds. The predicted molar refractivity (Wildman–Crippen MR) is 75.2 cm³/mol. The predicted octanol–water partition coefficient (Wildman–Crippen LogP) is 0.661. The Hall–Kier alpha value is -2.45. The number of hydrogen-bond acceptors (Lipinski definition) is 5. The van der Waals surface area contributed by atoms with Crippen molar-refractivity contribution in [1.29, 1.82) is 0 Å². The summed E-state index contributed by atoms with van der Waals surface area (Å²) in [5.74, 6) is -1.78. The largest absolute Gasteiger partial charge is 0.481 e. The van der Waals surface area contributed by atoms with Crippen LogP contribution < -0.4 is 11.1 Å². The van der Waals surface area contributed by atoms with Gasteiger partial charge in [0, 0.05) is 0 Å². The Kier molecular flexibility index (Phi) is 4.51. The van der Waals surface area contributed by atoms with E-state index in [0.29, 0.717) is 16.4 Å². The van der Waals surface area contributed by atoms with Crippen LogP contribution in [0.3, 0.4) is 0 Å². The molecule has 2 rings (SSSR count). The molecule has 0 aliphatic rings. The summed E-state index contributed by atoms with van der Waals surface area (Å²) in [4.78, 5) is 26.3. The van der Waals surface area contributed by atoms with Crippen molar-refractivity contribution in [3.63, 3.8) is 0 Å². The maximum atomic E-state index is 11.9. The summed E-state index contributed by atoms with van der Waals surface area (Å²) in [5.41, 5.74) is 6.30. The standard InChI is InChI=1S/C12H12ClN5O3/c13-7-2-1-3-9(11(7)18-6-15-5-16-18)17-12(21)8(14)4-10(19)20/h1-3,5-6,8H,4,14H2,(H,17,21)(H,19,20). The minimum atomic E-state index is -1.16. The highest BCUT2D eigenvalue weighted by Crippen LogP contribution is 2.27. The number of rotatable bonds is 5. The second kappa shape index (κ2) is 6.33. The van der Waals surface area contributed by atoms with Crippen LogP contribution in [0.25, 0.3) is 5.69 Å². The summed E-state index contributed by atoms with van der Waals surface area (Å²) < 4.78 is 1.39. The molecule has 0 radical (unpaired) electrons. The molecule has 110 valence electrons. The number of halogens is 1. The molecule has 8 nitrogen and oxygen atoms in total. The minimum Gasteiger partial charge on any atom is -0.481 e.